The van der Waals surface area contributed by atoms with Crippen molar-refractivity contribution in [1.29, 1.82) is 0 Å². The Kier molecular flexibility index (Phi) is 3.44. The van der Waals surface area contributed by atoms with E-state index < -0.39 is 5.97 Å². The van der Waals surface area contributed by atoms with Crippen molar-refractivity contribution in [3.8, 4) is 11.1 Å². The van der Waals surface area contributed by atoms with Crippen LogP contribution in [0, 0.1) is 11.3 Å². The van der Waals surface area contributed by atoms with Gasteiger partial charge < -0.3 is 14.4 Å². The van der Waals surface area contributed by atoms with Gasteiger partial charge in [-0.15, -0.1) is 0 Å². The zero-order valence-electron chi connectivity index (χ0n) is 13.3. The van der Waals surface area contributed by atoms with E-state index in [1.54, 1.807) is 12.5 Å². The van der Waals surface area contributed by atoms with Crippen molar-refractivity contribution in [3.63, 3.8) is 0 Å². The van der Waals surface area contributed by atoms with Crippen LogP contribution in [0.5, 0.6) is 0 Å². The third kappa shape index (κ3) is 2.50. The van der Waals surface area contributed by atoms with Gasteiger partial charge in [0.1, 0.15) is 0 Å². The lowest BCUT2D eigenvalue weighted by atomic mass is 9.90. The van der Waals surface area contributed by atoms with Gasteiger partial charge in [-0.25, -0.2) is 0 Å². The fourth-order valence-corrected chi connectivity index (χ4v) is 3.85. The number of rotatable bonds is 3. The molecule has 1 atom stereocenters. The van der Waals surface area contributed by atoms with Crippen LogP contribution in [0.3, 0.4) is 0 Å². The molecule has 1 aromatic carbocycles. The van der Waals surface area contributed by atoms with Crippen LogP contribution in [0.1, 0.15) is 29.6 Å². The van der Waals surface area contributed by atoms with Crippen LogP contribution in [-0.2, 0) is 4.79 Å². The molecule has 1 aliphatic heterocycles. The van der Waals surface area contributed by atoms with E-state index in [4.69, 9.17) is 9.52 Å². The molecule has 1 spiro atoms. The number of likely N-dealkylation sites (tertiary alicyclic amines) is 1. The van der Waals surface area contributed by atoms with E-state index in [9.17, 15) is 9.59 Å². The minimum absolute atomic E-state index is 0.0164. The normalized spacial score (nSPS) is 21.7. The van der Waals surface area contributed by atoms with E-state index in [1.165, 1.54) is 0 Å². The quantitative estimate of drug-likeness (QED) is 0.940. The summed E-state index contributed by atoms with van der Waals surface area (Å²) < 4.78 is 5.10. The highest BCUT2D eigenvalue weighted by atomic mass is 16.4. The van der Waals surface area contributed by atoms with E-state index in [0.29, 0.717) is 18.7 Å². The highest BCUT2D eigenvalue weighted by molar-refractivity contribution is 5.95. The number of hydrogen-bond acceptors (Lipinski definition) is 3. The van der Waals surface area contributed by atoms with E-state index in [0.717, 1.165) is 30.4 Å². The Hall–Kier alpha value is -2.56. The summed E-state index contributed by atoms with van der Waals surface area (Å²) in [5, 5.41) is 9.16. The number of nitrogens with zero attached hydrogens (tertiary/aromatic N) is 1. The van der Waals surface area contributed by atoms with Gasteiger partial charge in [0, 0.05) is 24.2 Å². The first kappa shape index (κ1) is 15.0. The summed E-state index contributed by atoms with van der Waals surface area (Å²) in [5.74, 6) is -0.885. The number of furan rings is 1. The molecule has 1 aromatic heterocycles. The van der Waals surface area contributed by atoms with Crippen LogP contribution in [-0.4, -0.2) is 35.0 Å². The summed E-state index contributed by atoms with van der Waals surface area (Å²) >= 11 is 0. The Balaban J connectivity index is 1.46. The Labute approximate surface area is 139 Å². The molecule has 2 heterocycles. The number of carbonyl (C=O) groups is 2. The third-order valence-corrected chi connectivity index (χ3v) is 5.50. The van der Waals surface area contributed by atoms with Gasteiger partial charge in [0.05, 0.1) is 18.4 Å². The topological polar surface area (TPSA) is 70.8 Å². The Morgan fingerprint density at radius 3 is 2.58 bits per heavy atom. The van der Waals surface area contributed by atoms with Gasteiger partial charge >= 0.3 is 5.97 Å². The van der Waals surface area contributed by atoms with Gasteiger partial charge in [-0.05, 0) is 48.4 Å². The summed E-state index contributed by atoms with van der Waals surface area (Å²) in [5.41, 5.74) is 2.51. The SMILES string of the molecule is O=C(O)C1CC12CCN(C(=O)c1cccc(-c3ccoc3)c1)CC2. The number of piperidine rings is 1. The van der Waals surface area contributed by atoms with Crippen LogP contribution in [0.2, 0.25) is 0 Å². The summed E-state index contributed by atoms with van der Waals surface area (Å²) in [6.45, 7) is 1.27. The molecule has 1 unspecified atom stereocenters. The summed E-state index contributed by atoms with van der Waals surface area (Å²) in [6, 6.07) is 9.41. The van der Waals surface area contributed by atoms with Gasteiger partial charge in [-0.3, -0.25) is 9.59 Å². The number of carboxylic acid groups (broad SMARTS) is 1. The smallest absolute Gasteiger partial charge is 0.307 e. The fourth-order valence-electron chi connectivity index (χ4n) is 3.85. The number of benzene rings is 1. The number of hydrogen-bond donors (Lipinski definition) is 1. The van der Waals surface area contributed by atoms with Crippen LogP contribution in [0.25, 0.3) is 11.1 Å². The molecule has 1 saturated carbocycles. The monoisotopic (exact) mass is 325 g/mol. The van der Waals surface area contributed by atoms with Crippen LogP contribution in [0.4, 0.5) is 0 Å². The number of carboxylic acids is 1. The molecule has 1 aliphatic carbocycles. The second-order valence-corrected chi connectivity index (χ2v) is 6.84. The maximum atomic E-state index is 12.8. The average molecular weight is 325 g/mol. The van der Waals surface area contributed by atoms with Crippen molar-refractivity contribution in [2.24, 2.45) is 11.3 Å². The van der Waals surface area contributed by atoms with Crippen molar-refractivity contribution < 1.29 is 19.1 Å². The van der Waals surface area contributed by atoms with Crippen molar-refractivity contribution in [2.75, 3.05) is 13.1 Å². The van der Waals surface area contributed by atoms with Crippen molar-refractivity contribution in [1.82, 2.24) is 4.90 Å². The maximum Gasteiger partial charge on any atom is 0.307 e. The molecule has 0 radical (unpaired) electrons. The summed E-state index contributed by atoms with van der Waals surface area (Å²) in [4.78, 5) is 25.7. The molecule has 1 amide bonds. The Morgan fingerprint density at radius 2 is 1.96 bits per heavy atom. The summed E-state index contributed by atoms with van der Waals surface area (Å²) in [6.07, 6.45) is 5.62. The number of amides is 1. The zero-order valence-corrected chi connectivity index (χ0v) is 13.3. The number of aliphatic carboxylic acids is 1. The van der Waals surface area contributed by atoms with Gasteiger partial charge in [0.25, 0.3) is 5.91 Å². The molecule has 2 fully saturated rings. The molecule has 0 bridgehead atoms. The van der Waals surface area contributed by atoms with Gasteiger partial charge in [-0.2, -0.15) is 0 Å². The van der Waals surface area contributed by atoms with Crippen LogP contribution in [0.15, 0.2) is 47.3 Å². The second kappa shape index (κ2) is 5.51. The molecule has 2 aromatic rings. The molecule has 1 saturated heterocycles. The van der Waals surface area contributed by atoms with E-state index >= 15 is 0 Å². The van der Waals surface area contributed by atoms with Gasteiger partial charge in [0.15, 0.2) is 0 Å². The van der Waals surface area contributed by atoms with E-state index in [1.807, 2.05) is 35.2 Å². The molecule has 124 valence electrons. The Bertz CT molecular complexity index is 772. The second-order valence-electron chi connectivity index (χ2n) is 6.84. The average Bonchev–Trinajstić information content (AvgIpc) is 3.05. The van der Waals surface area contributed by atoms with Gasteiger partial charge in [0.2, 0.25) is 0 Å². The standard InChI is InChI=1S/C19H19NO4/c21-17(14-3-1-2-13(10-14)15-4-9-24-12-15)20-7-5-19(6-8-20)11-16(19)18(22)23/h1-4,9-10,12,16H,5-8,11H2,(H,22,23). The van der Waals surface area contributed by atoms with E-state index in [-0.39, 0.29) is 17.2 Å². The molecule has 24 heavy (non-hydrogen) atoms. The summed E-state index contributed by atoms with van der Waals surface area (Å²) in [7, 11) is 0. The predicted octanol–water partition coefficient (Wildman–Crippen LogP) is 3.27. The predicted molar refractivity (Wildman–Crippen MR) is 87.5 cm³/mol. The molecule has 4 rings (SSSR count). The lowest BCUT2D eigenvalue weighted by Gasteiger charge is -2.32. The lowest BCUT2D eigenvalue weighted by molar-refractivity contribution is -0.139. The van der Waals surface area contributed by atoms with Crippen LogP contribution < -0.4 is 0 Å². The molecule has 2 aliphatic rings. The third-order valence-electron chi connectivity index (χ3n) is 5.50. The highest BCUT2D eigenvalue weighted by Gasteiger charge is 2.59. The first-order chi connectivity index (χ1) is 11.6. The minimum atomic E-state index is -0.692. The van der Waals surface area contributed by atoms with Crippen LogP contribution >= 0.6 is 0 Å². The zero-order chi connectivity index (χ0) is 16.7. The molecular formula is C19H19NO4. The molecule has 1 N–H and O–H groups in total. The maximum absolute atomic E-state index is 12.8. The molecular weight excluding hydrogens is 306 g/mol. The van der Waals surface area contributed by atoms with Crippen molar-refractivity contribution in [3.05, 3.63) is 48.4 Å². The molecule has 5 heteroatoms. The van der Waals surface area contributed by atoms with Crippen molar-refractivity contribution in [2.45, 2.75) is 19.3 Å². The largest absolute Gasteiger partial charge is 0.481 e. The van der Waals surface area contributed by atoms with Gasteiger partial charge in [-0.1, -0.05) is 12.1 Å². The van der Waals surface area contributed by atoms with Crippen molar-refractivity contribution >= 4 is 11.9 Å². The lowest BCUT2D eigenvalue weighted by Crippen LogP contribution is -2.40. The van der Waals surface area contributed by atoms with E-state index in [2.05, 4.69) is 0 Å². The highest BCUT2D eigenvalue weighted by Crippen LogP contribution is 2.59. The first-order valence-electron chi connectivity index (χ1n) is 8.24. The first-order valence-corrected chi connectivity index (χ1v) is 8.24. The number of carbonyl (C=O) groups excluding carboxylic acids is 1. The Morgan fingerprint density at radius 1 is 1.17 bits per heavy atom. The minimum Gasteiger partial charge on any atom is -0.481 e. The molecule has 5 nitrogen and oxygen atoms in total. The fraction of sp³-hybridized carbons (Fsp3) is 0.368.